The molecule has 0 unspecified atom stereocenters. The van der Waals surface area contributed by atoms with Gasteiger partial charge in [-0.1, -0.05) is 19.4 Å². The van der Waals surface area contributed by atoms with Crippen molar-refractivity contribution in [3.8, 4) is 0 Å². The second-order valence-electron chi connectivity index (χ2n) is 6.32. The Morgan fingerprint density at radius 2 is 2.00 bits per heavy atom. The molecular weight excluding hydrogens is 328 g/mol. The van der Waals surface area contributed by atoms with Crippen molar-refractivity contribution in [3.63, 3.8) is 0 Å². The van der Waals surface area contributed by atoms with E-state index in [2.05, 4.69) is 15.6 Å². The van der Waals surface area contributed by atoms with Gasteiger partial charge in [-0.05, 0) is 36.2 Å². The molecule has 0 saturated carbocycles. The third-order valence-corrected chi connectivity index (χ3v) is 3.94. The number of benzene rings is 1. The molecule has 0 spiro atoms. The summed E-state index contributed by atoms with van der Waals surface area (Å²) in [7, 11) is 3.76. The second-order valence-corrected chi connectivity index (χ2v) is 6.32. The van der Waals surface area contributed by atoms with E-state index in [-0.39, 0.29) is 11.8 Å². The highest BCUT2D eigenvalue weighted by atomic mass is 16.2. The number of hydrogen-bond donors (Lipinski definition) is 2. The lowest BCUT2D eigenvalue weighted by molar-refractivity contribution is -0.116. The van der Waals surface area contributed by atoms with Gasteiger partial charge in [-0.15, -0.1) is 0 Å². The molecule has 2 rings (SSSR count). The van der Waals surface area contributed by atoms with Crippen molar-refractivity contribution >= 4 is 23.2 Å². The predicted octanol–water partition coefficient (Wildman–Crippen LogP) is 3.21. The van der Waals surface area contributed by atoms with E-state index in [4.69, 9.17) is 0 Å². The maximum absolute atomic E-state index is 12.7. The maximum Gasteiger partial charge on any atom is 0.253 e. The summed E-state index contributed by atoms with van der Waals surface area (Å²) in [5, 5.41) is 5.77. The zero-order valence-electron chi connectivity index (χ0n) is 15.6. The number of rotatable bonds is 8. The summed E-state index contributed by atoms with van der Waals surface area (Å²) in [6.07, 6.45) is 5.71. The molecule has 6 nitrogen and oxygen atoms in total. The first-order chi connectivity index (χ1) is 12.5. The van der Waals surface area contributed by atoms with Crippen LogP contribution in [0.1, 0.15) is 42.1 Å². The van der Waals surface area contributed by atoms with Crippen LogP contribution >= 0.6 is 0 Å². The Balaban J connectivity index is 2.14. The molecule has 138 valence electrons. The van der Waals surface area contributed by atoms with Crippen LogP contribution in [0.3, 0.4) is 0 Å². The van der Waals surface area contributed by atoms with Gasteiger partial charge >= 0.3 is 0 Å². The second kappa shape index (κ2) is 9.56. The molecule has 2 aromatic rings. The first-order valence-corrected chi connectivity index (χ1v) is 8.79. The summed E-state index contributed by atoms with van der Waals surface area (Å²) in [4.78, 5) is 30.6. The summed E-state index contributed by atoms with van der Waals surface area (Å²) >= 11 is 0. The van der Waals surface area contributed by atoms with Gasteiger partial charge in [0.15, 0.2) is 0 Å². The van der Waals surface area contributed by atoms with Crippen LogP contribution in [0.2, 0.25) is 0 Å². The zero-order valence-corrected chi connectivity index (χ0v) is 15.6. The van der Waals surface area contributed by atoms with Crippen LogP contribution in [-0.4, -0.2) is 30.9 Å². The Labute approximate surface area is 154 Å². The molecule has 1 heterocycles. The van der Waals surface area contributed by atoms with Crippen LogP contribution in [0.15, 0.2) is 42.7 Å². The monoisotopic (exact) mass is 354 g/mol. The normalized spacial score (nSPS) is 10.3. The number of pyridine rings is 1. The van der Waals surface area contributed by atoms with E-state index in [1.54, 1.807) is 18.5 Å². The molecule has 0 fully saturated rings. The quantitative estimate of drug-likeness (QED) is 0.763. The molecule has 1 aromatic carbocycles. The number of carbonyl (C=O) groups excluding carboxylic acids is 2. The van der Waals surface area contributed by atoms with E-state index in [0.29, 0.717) is 24.2 Å². The first-order valence-electron chi connectivity index (χ1n) is 8.79. The van der Waals surface area contributed by atoms with Crippen LogP contribution in [0.4, 0.5) is 11.4 Å². The third kappa shape index (κ3) is 5.58. The molecule has 0 saturated heterocycles. The van der Waals surface area contributed by atoms with Crippen molar-refractivity contribution in [2.24, 2.45) is 0 Å². The summed E-state index contributed by atoms with van der Waals surface area (Å²) < 4.78 is 0. The van der Waals surface area contributed by atoms with Gasteiger partial charge in [0.25, 0.3) is 5.91 Å². The lowest BCUT2D eigenvalue weighted by atomic mass is 10.1. The van der Waals surface area contributed by atoms with Gasteiger partial charge < -0.3 is 15.5 Å². The Hall–Kier alpha value is -2.89. The van der Waals surface area contributed by atoms with E-state index in [1.165, 1.54) is 0 Å². The van der Waals surface area contributed by atoms with Gasteiger partial charge in [-0.25, -0.2) is 0 Å². The number of nitrogens with zero attached hydrogens (tertiary/aromatic N) is 2. The number of hydrogen-bond acceptors (Lipinski definition) is 4. The first kappa shape index (κ1) is 19.4. The Morgan fingerprint density at radius 3 is 2.65 bits per heavy atom. The average molecular weight is 354 g/mol. The Bertz CT molecular complexity index is 745. The minimum atomic E-state index is -0.192. The minimum Gasteiger partial charge on any atom is -0.377 e. The highest BCUT2D eigenvalue weighted by Crippen LogP contribution is 2.23. The van der Waals surface area contributed by atoms with Crippen molar-refractivity contribution < 1.29 is 9.59 Å². The van der Waals surface area contributed by atoms with Gasteiger partial charge in [0, 0.05) is 50.8 Å². The number of unbranched alkanes of at least 4 members (excludes halogenated alkanes) is 1. The predicted molar refractivity (Wildman–Crippen MR) is 104 cm³/mol. The summed E-state index contributed by atoms with van der Waals surface area (Å²) in [6.45, 7) is 2.44. The van der Waals surface area contributed by atoms with Gasteiger partial charge in [0.1, 0.15) is 0 Å². The molecule has 0 bridgehead atoms. The fourth-order valence-electron chi connectivity index (χ4n) is 2.53. The molecule has 0 aliphatic carbocycles. The largest absolute Gasteiger partial charge is 0.377 e. The molecule has 0 atom stereocenters. The molecule has 0 aliphatic rings. The molecule has 1 aromatic heterocycles. The van der Waals surface area contributed by atoms with Crippen LogP contribution < -0.4 is 15.5 Å². The summed E-state index contributed by atoms with van der Waals surface area (Å²) in [6, 6.07) is 9.12. The molecule has 6 heteroatoms. The summed E-state index contributed by atoms with van der Waals surface area (Å²) in [5.74, 6) is -0.228. The maximum atomic E-state index is 12.7. The van der Waals surface area contributed by atoms with E-state index in [1.807, 2.05) is 50.2 Å². The van der Waals surface area contributed by atoms with Gasteiger partial charge in [-0.3, -0.25) is 14.6 Å². The van der Waals surface area contributed by atoms with Gasteiger partial charge in [-0.2, -0.15) is 0 Å². The van der Waals surface area contributed by atoms with E-state index < -0.39 is 0 Å². The van der Waals surface area contributed by atoms with Gasteiger partial charge in [0.05, 0.1) is 5.56 Å². The zero-order chi connectivity index (χ0) is 18.9. The van der Waals surface area contributed by atoms with Crippen molar-refractivity contribution in [3.05, 3.63) is 53.9 Å². The fraction of sp³-hybridized carbons (Fsp3) is 0.350. The average Bonchev–Trinajstić information content (AvgIpc) is 2.65. The van der Waals surface area contributed by atoms with Crippen LogP contribution in [0.25, 0.3) is 0 Å². The van der Waals surface area contributed by atoms with Crippen molar-refractivity contribution in [1.29, 1.82) is 0 Å². The molecule has 0 aliphatic heterocycles. The molecular formula is C20H26N4O2. The topological polar surface area (TPSA) is 74.3 Å². The SMILES string of the molecule is CCCCC(=O)Nc1ccc(N(C)C)c(C(=O)NCc2cccnc2)c1. The lowest BCUT2D eigenvalue weighted by Gasteiger charge is -2.18. The molecule has 2 N–H and O–H groups in total. The van der Waals surface area contributed by atoms with Crippen LogP contribution in [0.5, 0.6) is 0 Å². The van der Waals surface area contributed by atoms with E-state index in [0.717, 1.165) is 24.1 Å². The number of anilines is 2. The van der Waals surface area contributed by atoms with Crippen molar-refractivity contribution in [2.45, 2.75) is 32.7 Å². The lowest BCUT2D eigenvalue weighted by Crippen LogP contribution is -2.25. The highest BCUT2D eigenvalue weighted by molar-refractivity contribution is 6.02. The highest BCUT2D eigenvalue weighted by Gasteiger charge is 2.14. The van der Waals surface area contributed by atoms with Crippen LogP contribution in [0, 0.1) is 0 Å². The van der Waals surface area contributed by atoms with Crippen molar-refractivity contribution in [1.82, 2.24) is 10.3 Å². The van der Waals surface area contributed by atoms with E-state index >= 15 is 0 Å². The van der Waals surface area contributed by atoms with Crippen LogP contribution in [-0.2, 0) is 11.3 Å². The third-order valence-electron chi connectivity index (χ3n) is 3.94. The standard InChI is InChI=1S/C20H26N4O2/c1-4-5-8-19(25)23-16-9-10-18(24(2)3)17(12-16)20(26)22-14-15-7-6-11-21-13-15/h6-7,9-13H,4-5,8,14H2,1-3H3,(H,22,26)(H,23,25). The fourth-order valence-corrected chi connectivity index (χ4v) is 2.53. The molecule has 2 amide bonds. The van der Waals surface area contributed by atoms with Gasteiger partial charge in [0.2, 0.25) is 5.91 Å². The molecule has 26 heavy (non-hydrogen) atoms. The minimum absolute atomic E-state index is 0.0360. The Kier molecular flexibility index (Phi) is 7.14. The number of aromatic nitrogens is 1. The molecule has 0 radical (unpaired) electrons. The van der Waals surface area contributed by atoms with Crippen molar-refractivity contribution in [2.75, 3.05) is 24.3 Å². The number of nitrogens with one attached hydrogen (secondary N) is 2. The van der Waals surface area contributed by atoms with E-state index in [9.17, 15) is 9.59 Å². The number of carbonyl (C=O) groups is 2. The Morgan fingerprint density at radius 1 is 1.19 bits per heavy atom. The summed E-state index contributed by atoms with van der Waals surface area (Å²) in [5.41, 5.74) is 2.87. The number of amides is 2. The smallest absolute Gasteiger partial charge is 0.253 e.